The molecule has 140 valence electrons. The van der Waals surface area contributed by atoms with Gasteiger partial charge in [0.25, 0.3) is 5.56 Å². The zero-order valence-corrected chi connectivity index (χ0v) is 14.5. The van der Waals surface area contributed by atoms with Crippen molar-refractivity contribution in [2.75, 3.05) is 17.7 Å². The molecule has 2 rings (SSSR count). The fraction of sp³-hybridized carbons (Fsp3) is 0.312. The van der Waals surface area contributed by atoms with E-state index in [-0.39, 0.29) is 29.6 Å². The highest BCUT2D eigenvalue weighted by molar-refractivity contribution is 7.99. The van der Waals surface area contributed by atoms with E-state index < -0.39 is 23.2 Å². The number of halogens is 3. The van der Waals surface area contributed by atoms with E-state index in [0.29, 0.717) is 11.3 Å². The molecule has 0 fully saturated rings. The maximum absolute atomic E-state index is 12.9. The Morgan fingerprint density at radius 2 is 2.04 bits per heavy atom. The van der Waals surface area contributed by atoms with E-state index in [0.717, 1.165) is 17.8 Å². The number of alkyl halides is 3. The third-order valence-electron chi connectivity index (χ3n) is 3.41. The van der Waals surface area contributed by atoms with Crippen LogP contribution in [0.15, 0.2) is 34.2 Å². The molecule has 6 nitrogen and oxygen atoms in total. The summed E-state index contributed by atoms with van der Waals surface area (Å²) in [6, 6.07) is 4.67. The number of para-hydroxylation sites is 1. The molecule has 0 aliphatic heterocycles. The Kier molecular flexibility index (Phi) is 6.43. The number of anilines is 1. The summed E-state index contributed by atoms with van der Waals surface area (Å²) in [4.78, 5) is 30.5. The van der Waals surface area contributed by atoms with Gasteiger partial charge in [0.2, 0.25) is 5.91 Å². The van der Waals surface area contributed by atoms with Crippen LogP contribution in [-0.4, -0.2) is 33.3 Å². The Bertz CT molecular complexity index is 853. The number of aromatic amines is 1. The molecule has 2 aromatic rings. The lowest BCUT2D eigenvalue weighted by molar-refractivity contribution is -0.137. The topological polar surface area (TPSA) is 95.1 Å². The predicted molar refractivity (Wildman–Crippen MR) is 91.2 cm³/mol. The highest BCUT2D eigenvalue weighted by Crippen LogP contribution is 2.34. The monoisotopic (exact) mass is 387 g/mol. The SMILES string of the molecule is Cc1nc(SCC(=O)Nc2ccccc2C(F)(F)F)[nH]c(=O)c1CCO. The smallest absolute Gasteiger partial charge is 0.396 e. The van der Waals surface area contributed by atoms with E-state index in [1.165, 1.54) is 18.2 Å². The number of H-pyrrole nitrogens is 1. The molecule has 0 bridgehead atoms. The first-order chi connectivity index (χ1) is 12.2. The summed E-state index contributed by atoms with van der Waals surface area (Å²) in [5.41, 5.74) is -0.916. The van der Waals surface area contributed by atoms with Crippen molar-refractivity contribution < 1.29 is 23.1 Å². The van der Waals surface area contributed by atoms with Gasteiger partial charge in [0.05, 0.1) is 17.0 Å². The maximum atomic E-state index is 12.9. The number of aryl methyl sites for hydroxylation is 1. The molecule has 0 saturated heterocycles. The number of carbonyl (C=O) groups excluding carboxylic acids is 1. The molecular formula is C16H16F3N3O3S. The number of thioether (sulfide) groups is 1. The number of nitrogens with zero attached hydrogens (tertiary/aromatic N) is 1. The third kappa shape index (κ3) is 5.09. The van der Waals surface area contributed by atoms with Crippen molar-refractivity contribution >= 4 is 23.4 Å². The van der Waals surface area contributed by atoms with E-state index in [1.807, 2.05) is 0 Å². The maximum Gasteiger partial charge on any atom is 0.418 e. The average molecular weight is 387 g/mol. The average Bonchev–Trinajstić information content (AvgIpc) is 2.56. The first kappa shape index (κ1) is 20.0. The zero-order valence-electron chi connectivity index (χ0n) is 13.7. The van der Waals surface area contributed by atoms with Gasteiger partial charge in [-0.05, 0) is 19.1 Å². The van der Waals surface area contributed by atoms with Gasteiger partial charge in [0.15, 0.2) is 5.16 Å². The van der Waals surface area contributed by atoms with Crippen molar-refractivity contribution in [2.45, 2.75) is 24.7 Å². The number of benzene rings is 1. The minimum absolute atomic E-state index is 0.161. The second kappa shape index (κ2) is 8.37. The summed E-state index contributed by atoms with van der Waals surface area (Å²) in [5.74, 6) is -0.889. The molecule has 1 aromatic heterocycles. The summed E-state index contributed by atoms with van der Waals surface area (Å²) < 4.78 is 38.7. The molecule has 0 unspecified atom stereocenters. The predicted octanol–water partition coefficient (Wildman–Crippen LogP) is 2.36. The van der Waals surface area contributed by atoms with Crippen molar-refractivity contribution in [3.63, 3.8) is 0 Å². The van der Waals surface area contributed by atoms with Crippen LogP contribution < -0.4 is 10.9 Å². The summed E-state index contributed by atoms with van der Waals surface area (Å²) in [5, 5.41) is 11.3. The molecule has 0 aliphatic carbocycles. The van der Waals surface area contributed by atoms with Gasteiger partial charge in [0.1, 0.15) is 0 Å². The number of aliphatic hydroxyl groups is 1. The Labute approximate surface area is 150 Å². The number of rotatable bonds is 6. The van der Waals surface area contributed by atoms with Gasteiger partial charge in [-0.25, -0.2) is 4.98 Å². The van der Waals surface area contributed by atoms with Gasteiger partial charge in [-0.3, -0.25) is 9.59 Å². The highest BCUT2D eigenvalue weighted by Gasteiger charge is 2.33. The van der Waals surface area contributed by atoms with Crippen LogP contribution >= 0.6 is 11.8 Å². The molecule has 1 aromatic carbocycles. The quantitative estimate of drug-likeness (QED) is 0.523. The summed E-state index contributed by atoms with van der Waals surface area (Å²) in [6.07, 6.45) is -4.42. The zero-order chi connectivity index (χ0) is 19.3. The van der Waals surface area contributed by atoms with Crippen molar-refractivity contribution in [3.8, 4) is 0 Å². The molecule has 26 heavy (non-hydrogen) atoms. The molecule has 10 heteroatoms. The summed E-state index contributed by atoms with van der Waals surface area (Å²) >= 11 is 0.894. The molecule has 3 N–H and O–H groups in total. The van der Waals surface area contributed by atoms with E-state index in [1.54, 1.807) is 6.92 Å². The lowest BCUT2D eigenvalue weighted by atomic mass is 10.1. The molecule has 1 heterocycles. The van der Waals surface area contributed by atoms with E-state index >= 15 is 0 Å². The Morgan fingerprint density at radius 3 is 2.65 bits per heavy atom. The number of aromatic nitrogens is 2. The normalized spacial score (nSPS) is 11.4. The number of nitrogens with one attached hydrogen (secondary N) is 2. The number of hydrogen-bond donors (Lipinski definition) is 3. The summed E-state index contributed by atoms with van der Waals surface area (Å²) in [7, 11) is 0. The molecule has 0 saturated carbocycles. The second-order valence-electron chi connectivity index (χ2n) is 5.29. The number of amides is 1. The largest absolute Gasteiger partial charge is 0.418 e. The molecule has 0 radical (unpaired) electrons. The lowest BCUT2D eigenvalue weighted by Crippen LogP contribution is -2.20. The molecular weight excluding hydrogens is 371 g/mol. The Hall–Kier alpha value is -2.33. The van der Waals surface area contributed by atoms with Crippen LogP contribution in [0.4, 0.5) is 18.9 Å². The fourth-order valence-electron chi connectivity index (χ4n) is 2.22. The van der Waals surface area contributed by atoms with Crippen LogP contribution in [0.25, 0.3) is 0 Å². The fourth-order valence-corrected chi connectivity index (χ4v) is 2.93. The van der Waals surface area contributed by atoms with Gasteiger partial charge < -0.3 is 15.4 Å². The van der Waals surface area contributed by atoms with Crippen LogP contribution in [0.5, 0.6) is 0 Å². The van der Waals surface area contributed by atoms with Gasteiger partial charge in [0, 0.05) is 24.3 Å². The molecule has 0 atom stereocenters. The Morgan fingerprint density at radius 1 is 1.35 bits per heavy atom. The lowest BCUT2D eigenvalue weighted by Gasteiger charge is -2.13. The van der Waals surface area contributed by atoms with Gasteiger partial charge in [-0.1, -0.05) is 23.9 Å². The number of carbonyl (C=O) groups is 1. The van der Waals surface area contributed by atoms with Gasteiger partial charge in [-0.2, -0.15) is 13.2 Å². The van der Waals surface area contributed by atoms with E-state index in [9.17, 15) is 22.8 Å². The Balaban J connectivity index is 2.06. The highest BCUT2D eigenvalue weighted by atomic mass is 32.2. The van der Waals surface area contributed by atoms with Crippen LogP contribution in [0.1, 0.15) is 16.8 Å². The molecule has 0 spiro atoms. The summed E-state index contributed by atoms with van der Waals surface area (Å²) in [6.45, 7) is 1.41. The van der Waals surface area contributed by atoms with E-state index in [4.69, 9.17) is 5.11 Å². The third-order valence-corrected chi connectivity index (χ3v) is 4.28. The number of aliphatic hydroxyl groups excluding tert-OH is 1. The standard InChI is InChI=1S/C16H16F3N3O3S/c1-9-10(6-7-23)14(25)22-15(20-9)26-8-13(24)21-12-5-3-2-4-11(12)16(17,18)19/h2-5,23H,6-8H2,1H3,(H,21,24)(H,20,22,25). The minimum Gasteiger partial charge on any atom is -0.396 e. The van der Waals surface area contributed by atoms with Crippen LogP contribution in [0.3, 0.4) is 0 Å². The van der Waals surface area contributed by atoms with Crippen molar-refractivity contribution in [3.05, 3.63) is 51.4 Å². The molecule has 0 aliphatic rings. The minimum atomic E-state index is -4.58. The molecule has 1 amide bonds. The first-order valence-electron chi connectivity index (χ1n) is 7.52. The first-order valence-corrected chi connectivity index (χ1v) is 8.50. The van der Waals surface area contributed by atoms with Gasteiger partial charge >= 0.3 is 6.18 Å². The van der Waals surface area contributed by atoms with Crippen molar-refractivity contribution in [1.29, 1.82) is 0 Å². The second-order valence-corrected chi connectivity index (χ2v) is 6.25. The van der Waals surface area contributed by atoms with Crippen LogP contribution in [0.2, 0.25) is 0 Å². The van der Waals surface area contributed by atoms with E-state index in [2.05, 4.69) is 15.3 Å². The van der Waals surface area contributed by atoms with Crippen LogP contribution in [0, 0.1) is 6.92 Å². The van der Waals surface area contributed by atoms with Gasteiger partial charge in [-0.15, -0.1) is 0 Å². The number of hydrogen-bond acceptors (Lipinski definition) is 5. The van der Waals surface area contributed by atoms with Crippen molar-refractivity contribution in [2.24, 2.45) is 0 Å². The van der Waals surface area contributed by atoms with Crippen molar-refractivity contribution in [1.82, 2.24) is 9.97 Å². The van der Waals surface area contributed by atoms with Crippen LogP contribution in [-0.2, 0) is 17.4 Å².